The number of piperazine rings is 1. The van der Waals surface area contributed by atoms with E-state index in [0.717, 1.165) is 64.1 Å². The van der Waals surface area contributed by atoms with E-state index in [1.54, 1.807) is 7.11 Å². The number of methoxy groups -OCH3 is 1. The van der Waals surface area contributed by atoms with Crippen LogP contribution >= 0.6 is 24.0 Å². The molecule has 0 spiro atoms. The molecular weight excluding hydrogens is 455 g/mol. The number of hydrogen-bond acceptors (Lipinski definition) is 4. The largest absolute Gasteiger partial charge is 0.495 e. The molecule has 1 aromatic carbocycles. The van der Waals surface area contributed by atoms with Crippen LogP contribution in [-0.2, 0) is 4.74 Å². The van der Waals surface area contributed by atoms with Crippen LogP contribution in [0.4, 0.5) is 5.69 Å². The number of rotatable bonds is 8. The monoisotopic (exact) mass is 490 g/mol. The van der Waals surface area contributed by atoms with Crippen LogP contribution < -0.4 is 15.0 Å². The van der Waals surface area contributed by atoms with Crippen LogP contribution in [0.5, 0.6) is 5.75 Å². The molecule has 0 radical (unpaired) electrons. The Kier molecular flexibility index (Phi) is 11.5. The maximum atomic E-state index is 5.63. The number of nitrogens with one attached hydrogen (secondary N) is 1. The van der Waals surface area contributed by atoms with E-state index in [2.05, 4.69) is 46.1 Å². The molecule has 6 nitrogen and oxygen atoms in total. The zero-order chi connectivity index (χ0) is 18.8. The zero-order valence-electron chi connectivity index (χ0n) is 17.1. The van der Waals surface area contributed by atoms with Crippen LogP contribution in [0.1, 0.15) is 20.3 Å². The molecule has 0 unspecified atom stereocenters. The summed E-state index contributed by atoms with van der Waals surface area (Å²) >= 11 is 0. The second-order valence-corrected chi connectivity index (χ2v) is 6.94. The number of nitrogens with zero attached hydrogens (tertiary/aromatic N) is 3. The summed E-state index contributed by atoms with van der Waals surface area (Å²) in [6.45, 7) is 10.7. The summed E-state index contributed by atoms with van der Waals surface area (Å²) in [4.78, 5) is 9.13. The van der Waals surface area contributed by atoms with Crippen molar-refractivity contribution in [1.82, 2.24) is 10.2 Å². The molecule has 0 atom stereocenters. The van der Waals surface area contributed by atoms with Gasteiger partial charge in [0.25, 0.3) is 0 Å². The van der Waals surface area contributed by atoms with Gasteiger partial charge in [-0.05, 0) is 24.5 Å². The van der Waals surface area contributed by atoms with Crippen LogP contribution in [0.15, 0.2) is 29.3 Å². The molecule has 0 amide bonds. The third-order valence-electron chi connectivity index (χ3n) is 4.42. The van der Waals surface area contributed by atoms with Gasteiger partial charge in [-0.25, -0.2) is 0 Å². The average molecular weight is 490 g/mol. The lowest BCUT2D eigenvalue weighted by Crippen LogP contribution is -2.52. The van der Waals surface area contributed by atoms with Gasteiger partial charge in [-0.3, -0.25) is 4.99 Å². The maximum absolute atomic E-state index is 5.63. The van der Waals surface area contributed by atoms with Gasteiger partial charge in [0.2, 0.25) is 0 Å². The van der Waals surface area contributed by atoms with Crippen molar-refractivity contribution in [1.29, 1.82) is 0 Å². The lowest BCUT2D eigenvalue weighted by atomic mass is 10.2. The lowest BCUT2D eigenvalue weighted by Gasteiger charge is -2.38. The van der Waals surface area contributed by atoms with Gasteiger partial charge < -0.3 is 24.6 Å². The Morgan fingerprint density at radius 1 is 1.19 bits per heavy atom. The first-order chi connectivity index (χ1) is 12.7. The standard InChI is InChI=1S/C20H34N4O2.HI/c1-17(2)16-26-15-7-10-22-20(21-3)24-13-11-23(12-14-24)18-8-5-6-9-19(18)25-4;/h5-6,8-9,17H,7,10-16H2,1-4H3,(H,21,22);1H. The Morgan fingerprint density at radius 3 is 2.52 bits per heavy atom. The molecule has 1 fully saturated rings. The minimum Gasteiger partial charge on any atom is -0.495 e. The molecule has 2 rings (SSSR count). The van der Waals surface area contributed by atoms with Gasteiger partial charge >= 0.3 is 0 Å². The Balaban J connectivity index is 0.00000364. The fourth-order valence-corrected chi connectivity index (χ4v) is 3.08. The van der Waals surface area contributed by atoms with Crippen molar-refractivity contribution in [3.8, 4) is 5.75 Å². The van der Waals surface area contributed by atoms with Crippen molar-refractivity contribution >= 4 is 35.6 Å². The van der Waals surface area contributed by atoms with Crippen LogP contribution in [0.25, 0.3) is 0 Å². The van der Waals surface area contributed by atoms with Crippen LogP contribution in [-0.4, -0.2) is 71.0 Å². The summed E-state index contributed by atoms with van der Waals surface area (Å²) in [6.07, 6.45) is 0.993. The second-order valence-electron chi connectivity index (χ2n) is 6.94. The van der Waals surface area contributed by atoms with E-state index in [0.29, 0.717) is 5.92 Å². The first-order valence-electron chi connectivity index (χ1n) is 9.57. The summed E-state index contributed by atoms with van der Waals surface area (Å²) in [5.41, 5.74) is 1.17. The van der Waals surface area contributed by atoms with E-state index in [4.69, 9.17) is 9.47 Å². The van der Waals surface area contributed by atoms with Gasteiger partial charge in [-0.1, -0.05) is 26.0 Å². The molecule has 1 saturated heterocycles. The van der Waals surface area contributed by atoms with Crippen LogP contribution in [0.2, 0.25) is 0 Å². The highest BCUT2D eigenvalue weighted by atomic mass is 127. The molecule has 0 bridgehead atoms. The quantitative estimate of drug-likeness (QED) is 0.263. The molecule has 7 heteroatoms. The molecule has 0 aliphatic carbocycles. The first-order valence-corrected chi connectivity index (χ1v) is 9.57. The van der Waals surface area contributed by atoms with E-state index in [1.165, 1.54) is 5.69 Å². The Labute approximate surface area is 181 Å². The van der Waals surface area contributed by atoms with E-state index >= 15 is 0 Å². The molecule has 1 N–H and O–H groups in total. The number of anilines is 1. The number of guanidine groups is 1. The minimum absolute atomic E-state index is 0. The molecule has 0 aromatic heterocycles. The molecule has 1 aliphatic rings. The van der Waals surface area contributed by atoms with Crippen molar-refractivity contribution in [3.05, 3.63) is 24.3 Å². The minimum atomic E-state index is 0. The fourth-order valence-electron chi connectivity index (χ4n) is 3.08. The predicted octanol–water partition coefficient (Wildman–Crippen LogP) is 3.07. The number of hydrogen-bond donors (Lipinski definition) is 1. The first kappa shape index (κ1) is 23.8. The number of aliphatic imine (C=N–C) groups is 1. The molecule has 0 saturated carbocycles. The third kappa shape index (κ3) is 7.73. The fraction of sp³-hybridized carbons (Fsp3) is 0.650. The van der Waals surface area contributed by atoms with Gasteiger partial charge in [0.05, 0.1) is 12.8 Å². The number of halogens is 1. The predicted molar refractivity (Wildman–Crippen MR) is 124 cm³/mol. The normalized spacial score (nSPS) is 14.9. The highest BCUT2D eigenvalue weighted by molar-refractivity contribution is 14.0. The molecular formula is C20H35IN4O2. The number of para-hydroxylation sites is 2. The Morgan fingerprint density at radius 2 is 1.89 bits per heavy atom. The van der Waals surface area contributed by atoms with Gasteiger partial charge in [-0.2, -0.15) is 0 Å². The molecule has 154 valence electrons. The van der Waals surface area contributed by atoms with Crippen molar-refractivity contribution in [2.75, 3.05) is 65.0 Å². The highest BCUT2D eigenvalue weighted by Crippen LogP contribution is 2.28. The van der Waals surface area contributed by atoms with Gasteiger partial charge in [0, 0.05) is 53.0 Å². The van der Waals surface area contributed by atoms with E-state index < -0.39 is 0 Å². The summed E-state index contributed by atoms with van der Waals surface area (Å²) in [7, 11) is 3.58. The number of benzene rings is 1. The topological polar surface area (TPSA) is 49.3 Å². The van der Waals surface area contributed by atoms with Crippen molar-refractivity contribution in [3.63, 3.8) is 0 Å². The maximum Gasteiger partial charge on any atom is 0.193 e. The van der Waals surface area contributed by atoms with Crippen molar-refractivity contribution in [2.45, 2.75) is 20.3 Å². The summed E-state index contributed by atoms with van der Waals surface area (Å²) in [6, 6.07) is 8.21. The average Bonchev–Trinajstić information content (AvgIpc) is 2.67. The second kappa shape index (κ2) is 13.0. The van der Waals surface area contributed by atoms with Crippen LogP contribution in [0, 0.1) is 5.92 Å². The van der Waals surface area contributed by atoms with E-state index in [1.807, 2.05) is 19.2 Å². The van der Waals surface area contributed by atoms with Crippen molar-refractivity contribution < 1.29 is 9.47 Å². The zero-order valence-corrected chi connectivity index (χ0v) is 19.4. The molecule has 27 heavy (non-hydrogen) atoms. The van der Waals surface area contributed by atoms with Gasteiger partial charge in [0.15, 0.2) is 5.96 Å². The van der Waals surface area contributed by atoms with Crippen LogP contribution in [0.3, 0.4) is 0 Å². The Bertz CT molecular complexity index is 561. The smallest absolute Gasteiger partial charge is 0.193 e. The van der Waals surface area contributed by atoms with E-state index in [-0.39, 0.29) is 24.0 Å². The summed E-state index contributed by atoms with van der Waals surface area (Å²) in [5.74, 6) is 2.51. The lowest BCUT2D eigenvalue weighted by molar-refractivity contribution is 0.108. The molecule has 1 aromatic rings. The third-order valence-corrected chi connectivity index (χ3v) is 4.42. The highest BCUT2D eigenvalue weighted by Gasteiger charge is 2.21. The van der Waals surface area contributed by atoms with Gasteiger partial charge in [0.1, 0.15) is 5.75 Å². The van der Waals surface area contributed by atoms with E-state index in [9.17, 15) is 0 Å². The summed E-state index contributed by atoms with van der Waals surface area (Å²) < 4.78 is 11.1. The Hall–Kier alpha value is -1.22. The summed E-state index contributed by atoms with van der Waals surface area (Å²) in [5, 5.41) is 3.46. The van der Waals surface area contributed by atoms with Crippen molar-refractivity contribution in [2.24, 2.45) is 10.9 Å². The number of ether oxygens (including phenoxy) is 2. The SMILES string of the molecule is CN=C(NCCCOCC(C)C)N1CCN(c2ccccc2OC)CC1.I. The molecule has 1 heterocycles. The van der Waals surface area contributed by atoms with Gasteiger partial charge in [-0.15, -0.1) is 24.0 Å². The molecule has 1 aliphatic heterocycles.